The first-order valence-electron chi connectivity index (χ1n) is 7.85. The summed E-state index contributed by atoms with van der Waals surface area (Å²) >= 11 is 0. The molecular weight excluding hydrogens is 299 g/mol. The average Bonchev–Trinajstić information content (AvgIpc) is 2.55. The third-order valence-electron chi connectivity index (χ3n) is 4.05. The standard InChI is InChI=1S/C17H23FN2O3/c1-12(11-23-2)19-16(21)13-7-9-20(10-8-13)17(22)14-3-5-15(18)6-4-14/h3-6,12-13H,7-11H2,1-2H3,(H,19,21)/t12-/m0/s1. The van der Waals surface area contributed by atoms with Gasteiger partial charge in [-0.2, -0.15) is 0 Å². The van der Waals surface area contributed by atoms with Crippen LogP contribution >= 0.6 is 0 Å². The summed E-state index contributed by atoms with van der Waals surface area (Å²) in [5.74, 6) is -0.534. The van der Waals surface area contributed by atoms with Crippen molar-refractivity contribution in [1.29, 1.82) is 0 Å². The van der Waals surface area contributed by atoms with E-state index in [9.17, 15) is 14.0 Å². The summed E-state index contributed by atoms with van der Waals surface area (Å²) in [5.41, 5.74) is 0.475. The molecule has 0 aromatic heterocycles. The van der Waals surface area contributed by atoms with E-state index in [2.05, 4.69) is 5.32 Å². The molecule has 0 unspecified atom stereocenters. The van der Waals surface area contributed by atoms with Crippen molar-refractivity contribution in [3.05, 3.63) is 35.6 Å². The Balaban J connectivity index is 1.84. The van der Waals surface area contributed by atoms with Gasteiger partial charge in [-0.05, 0) is 44.0 Å². The Morgan fingerprint density at radius 1 is 1.30 bits per heavy atom. The van der Waals surface area contributed by atoms with Gasteiger partial charge in [0, 0.05) is 37.7 Å². The number of nitrogens with one attached hydrogen (secondary N) is 1. The van der Waals surface area contributed by atoms with Gasteiger partial charge >= 0.3 is 0 Å². The van der Waals surface area contributed by atoms with Crippen LogP contribution in [0.1, 0.15) is 30.1 Å². The van der Waals surface area contributed by atoms with E-state index in [0.717, 1.165) is 0 Å². The van der Waals surface area contributed by atoms with Gasteiger partial charge in [-0.15, -0.1) is 0 Å². The zero-order chi connectivity index (χ0) is 16.8. The number of benzene rings is 1. The lowest BCUT2D eigenvalue weighted by Gasteiger charge is -2.32. The van der Waals surface area contributed by atoms with Crippen molar-refractivity contribution in [3.63, 3.8) is 0 Å². The third kappa shape index (κ3) is 4.76. The monoisotopic (exact) mass is 322 g/mol. The lowest BCUT2D eigenvalue weighted by atomic mass is 9.95. The molecular formula is C17H23FN2O3. The largest absolute Gasteiger partial charge is 0.383 e. The number of likely N-dealkylation sites (tertiary alicyclic amines) is 1. The highest BCUT2D eigenvalue weighted by Gasteiger charge is 2.28. The zero-order valence-electron chi connectivity index (χ0n) is 13.5. The SMILES string of the molecule is COC[C@H](C)NC(=O)C1CCN(C(=O)c2ccc(F)cc2)CC1. The van der Waals surface area contributed by atoms with E-state index in [-0.39, 0.29) is 29.6 Å². The number of piperidine rings is 1. The smallest absolute Gasteiger partial charge is 0.253 e. The molecule has 0 spiro atoms. The Labute approximate surface area is 135 Å². The molecule has 0 saturated carbocycles. The summed E-state index contributed by atoms with van der Waals surface area (Å²) in [5, 5.41) is 2.92. The van der Waals surface area contributed by atoms with Crippen molar-refractivity contribution < 1.29 is 18.7 Å². The van der Waals surface area contributed by atoms with Gasteiger partial charge < -0.3 is 15.0 Å². The lowest BCUT2D eigenvalue weighted by molar-refractivity contribution is -0.127. The van der Waals surface area contributed by atoms with E-state index >= 15 is 0 Å². The Hall–Kier alpha value is -1.95. The number of hydrogen-bond donors (Lipinski definition) is 1. The number of halogens is 1. The van der Waals surface area contributed by atoms with E-state index in [1.807, 2.05) is 6.92 Å². The summed E-state index contributed by atoms with van der Waals surface area (Å²) in [4.78, 5) is 26.2. The first kappa shape index (κ1) is 17.4. The van der Waals surface area contributed by atoms with Gasteiger partial charge in [-0.1, -0.05) is 0 Å². The summed E-state index contributed by atoms with van der Waals surface area (Å²) in [6.07, 6.45) is 1.27. The van der Waals surface area contributed by atoms with E-state index in [0.29, 0.717) is 38.1 Å². The van der Waals surface area contributed by atoms with Crippen molar-refractivity contribution >= 4 is 11.8 Å². The molecule has 6 heteroatoms. The minimum absolute atomic E-state index is 0.0171. The number of nitrogens with zero attached hydrogens (tertiary/aromatic N) is 1. The molecule has 0 aliphatic carbocycles. The second kappa shape index (κ2) is 8.06. The number of carbonyl (C=O) groups excluding carboxylic acids is 2. The minimum atomic E-state index is -0.359. The fraction of sp³-hybridized carbons (Fsp3) is 0.529. The molecule has 1 saturated heterocycles. The molecule has 5 nitrogen and oxygen atoms in total. The van der Waals surface area contributed by atoms with Crippen molar-refractivity contribution in [1.82, 2.24) is 10.2 Å². The number of rotatable bonds is 5. The molecule has 2 rings (SSSR count). The van der Waals surface area contributed by atoms with Gasteiger partial charge in [0.25, 0.3) is 5.91 Å². The number of amides is 2. The molecule has 2 amide bonds. The summed E-state index contributed by atoms with van der Waals surface area (Å²) in [6.45, 7) is 3.45. The maximum Gasteiger partial charge on any atom is 0.253 e. The quantitative estimate of drug-likeness (QED) is 0.900. The number of ether oxygens (including phenoxy) is 1. The van der Waals surface area contributed by atoms with E-state index in [1.54, 1.807) is 12.0 Å². The fourth-order valence-electron chi connectivity index (χ4n) is 2.77. The third-order valence-corrected chi connectivity index (χ3v) is 4.05. The van der Waals surface area contributed by atoms with Gasteiger partial charge in [0.1, 0.15) is 5.82 Å². The highest BCUT2D eigenvalue weighted by molar-refractivity contribution is 5.94. The fourth-order valence-corrected chi connectivity index (χ4v) is 2.77. The van der Waals surface area contributed by atoms with E-state index in [4.69, 9.17) is 4.74 Å². The van der Waals surface area contributed by atoms with Crippen LogP contribution in [0.25, 0.3) is 0 Å². The minimum Gasteiger partial charge on any atom is -0.383 e. The Bertz CT molecular complexity index is 539. The Morgan fingerprint density at radius 2 is 1.91 bits per heavy atom. The predicted molar refractivity (Wildman–Crippen MR) is 84.5 cm³/mol. The lowest BCUT2D eigenvalue weighted by Crippen LogP contribution is -2.45. The van der Waals surface area contributed by atoms with Gasteiger partial charge in [0.15, 0.2) is 0 Å². The van der Waals surface area contributed by atoms with Crippen LogP contribution in [0.15, 0.2) is 24.3 Å². The molecule has 23 heavy (non-hydrogen) atoms. The van der Waals surface area contributed by atoms with Crippen molar-refractivity contribution in [2.75, 3.05) is 26.8 Å². The molecule has 1 aliphatic heterocycles. The van der Waals surface area contributed by atoms with Gasteiger partial charge in [0.2, 0.25) is 5.91 Å². The highest BCUT2D eigenvalue weighted by atomic mass is 19.1. The van der Waals surface area contributed by atoms with Gasteiger partial charge in [-0.3, -0.25) is 9.59 Å². The van der Waals surface area contributed by atoms with Crippen molar-refractivity contribution in [3.8, 4) is 0 Å². The second-order valence-electron chi connectivity index (χ2n) is 5.94. The number of carbonyl (C=O) groups is 2. The van der Waals surface area contributed by atoms with E-state index in [1.165, 1.54) is 24.3 Å². The highest BCUT2D eigenvalue weighted by Crippen LogP contribution is 2.19. The van der Waals surface area contributed by atoms with Crippen LogP contribution < -0.4 is 5.32 Å². The van der Waals surface area contributed by atoms with Crippen LogP contribution in [0.4, 0.5) is 4.39 Å². The van der Waals surface area contributed by atoms with Crippen LogP contribution in [0.2, 0.25) is 0 Å². The van der Waals surface area contributed by atoms with Crippen LogP contribution in [-0.4, -0.2) is 49.6 Å². The van der Waals surface area contributed by atoms with Gasteiger partial charge in [0.05, 0.1) is 6.61 Å². The van der Waals surface area contributed by atoms with Crippen molar-refractivity contribution in [2.24, 2.45) is 5.92 Å². The molecule has 1 atom stereocenters. The van der Waals surface area contributed by atoms with E-state index < -0.39 is 0 Å². The molecule has 126 valence electrons. The normalized spacial score (nSPS) is 16.9. The maximum atomic E-state index is 12.9. The number of hydrogen-bond acceptors (Lipinski definition) is 3. The zero-order valence-corrected chi connectivity index (χ0v) is 13.5. The molecule has 1 aliphatic rings. The maximum absolute atomic E-state index is 12.9. The van der Waals surface area contributed by atoms with Crippen LogP contribution in [-0.2, 0) is 9.53 Å². The summed E-state index contributed by atoms with van der Waals surface area (Å²) < 4.78 is 17.9. The Kier molecular flexibility index (Phi) is 6.10. The van der Waals surface area contributed by atoms with Gasteiger partial charge in [-0.25, -0.2) is 4.39 Å². The Morgan fingerprint density at radius 3 is 2.48 bits per heavy atom. The van der Waals surface area contributed by atoms with Crippen LogP contribution in [0.5, 0.6) is 0 Å². The first-order chi connectivity index (χ1) is 11.0. The molecule has 1 heterocycles. The average molecular weight is 322 g/mol. The topological polar surface area (TPSA) is 58.6 Å². The summed E-state index contributed by atoms with van der Waals surface area (Å²) in [6, 6.07) is 5.52. The van der Waals surface area contributed by atoms with Crippen LogP contribution in [0.3, 0.4) is 0 Å². The molecule has 1 fully saturated rings. The second-order valence-corrected chi connectivity index (χ2v) is 5.94. The summed E-state index contributed by atoms with van der Waals surface area (Å²) in [7, 11) is 1.60. The molecule has 0 radical (unpaired) electrons. The van der Waals surface area contributed by atoms with Crippen molar-refractivity contribution in [2.45, 2.75) is 25.8 Å². The predicted octanol–water partition coefficient (Wildman–Crippen LogP) is 1.83. The van der Waals surface area contributed by atoms with Crippen LogP contribution in [0, 0.1) is 11.7 Å². The number of methoxy groups -OCH3 is 1. The first-order valence-corrected chi connectivity index (χ1v) is 7.85. The molecule has 1 aromatic carbocycles. The molecule has 1 aromatic rings. The molecule has 0 bridgehead atoms. The molecule has 1 N–H and O–H groups in total.